The predicted molar refractivity (Wildman–Crippen MR) is 63.9 cm³/mol. The lowest BCUT2D eigenvalue weighted by atomic mass is 9.86. The summed E-state index contributed by atoms with van der Waals surface area (Å²) < 4.78 is 5.50. The molecule has 1 unspecified atom stereocenters. The predicted octanol–water partition coefficient (Wildman–Crippen LogP) is 1.47. The maximum absolute atomic E-state index is 5.90. The van der Waals surface area contributed by atoms with Crippen molar-refractivity contribution in [2.24, 2.45) is 11.1 Å². The van der Waals surface area contributed by atoms with Crippen LogP contribution in [0.1, 0.15) is 33.1 Å². The molecule has 1 atom stereocenters. The lowest BCUT2D eigenvalue weighted by molar-refractivity contribution is 0.114. The molecule has 0 saturated carbocycles. The average molecular weight is 214 g/mol. The molecule has 0 aromatic carbocycles. The molecule has 0 aromatic rings. The van der Waals surface area contributed by atoms with Gasteiger partial charge in [-0.1, -0.05) is 13.8 Å². The van der Waals surface area contributed by atoms with E-state index in [2.05, 4.69) is 18.7 Å². The molecule has 1 aliphatic heterocycles. The third-order valence-corrected chi connectivity index (χ3v) is 3.26. The molecule has 1 fully saturated rings. The minimum Gasteiger partial charge on any atom is -0.381 e. The van der Waals surface area contributed by atoms with Gasteiger partial charge < -0.3 is 15.4 Å². The van der Waals surface area contributed by atoms with Gasteiger partial charge in [0.2, 0.25) is 0 Å². The van der Waals surface area contributed by atoms with Gasteiger partial charge in [-0.05, 0) is 32.4 Å². The second kappa shape index (κ2) is 6.46. The molecule has 1 rings (SSSR count). The Kier molecular flexibility index (Phi) is 5.58. The van der Waals surface area contributed by atoms with Crippen molar-refractivity contribution in [3.05, 3.63) is 0 Å². The highest BCUT2D eigenvalue weighted by Gasteiger charge is 2.34. The van der Waals surface area contributed by atoms with Crippen LogP contribution in [0, 0.1) is 5.41 Å². The van der Waals surface area contributed by atoms with Gasteiger partial charge in [0, 0.05) is 25.1 Å². The van der Waals surface area contributed by atoms with E-state index in [4.69, 9.17) is 10.5 Å². The zero-order chi connectivity index (χ0) is 11.1. The number of rotatable bonds is 7. The molecule has 1 saturated heterocycles. The molecule has 0 radical (unpaired) electrons. The van der Waals surface area contributed by atoms with E-state index in [9.17, 15) is 0 Å². The Morgan fingerprint density at radius 3 is 2.33 bits per heavy atom. The van der Waals surface area contributed by atoms with Crippen molar-refractivity contribution >= 4 is 0 Å². The van der Waals surface area contributed by atoms with Gasteiger partial charge in [0.1, 0.15) is 0 Å². The molecule has 0 spiro atoms. The summed E-state index contributed by atoms with van der Waals surface area (Å²) >= 11 is 0. The minimum atomic E-state index is 0.240. The number of nitrogens with two attached hydrogens (primary N) is 1. The standard InChI is InChI=1S/C12H26N2O/c1-3-6-14(7-4-2)10-12(9-13)5-8-15-11-12/h3-11,13H2,1-2H3. The summed E-state index contributed by atoms with van der Waals surface area (Å²) in [5.74, 6) is 0. The number of ether oxygens (including phenoxy) is 1. The van der Waals surface area contributed by atoms with Crippen molar-refractivity contribution in [3.63, 3.8) is 0 Å². The second-order valence-corrected chi connectivity index (χ2v) is 4.78. The molecule has 2 N–H and O–H groups in total. The normalized spacial score (nSPS) is 26.4. The first-order valence-corrected chi connectivity index (χ1v) is 6.26. The van der Waals surface area contributed by atoms with Gasteiger partial charge in [-0.3, -0.25) is 0 Å². The monoisotopic (exact) mass is 214 g/mol. The lowest BCUT2D eigenvalue weighted by Crippen LogP contribution is -2.43. The van der Waals surface area contributed by atoms with Crippen molar-refractivity contribution in [1.82, 2.24) is 4.90 Å². The minimum absolute atomic E-state index is 0.240. The van der Waals surface area contributed by atoms with Crippen molar-refractivity contribution in [1.29, 1.82) is 0 Å². The maximum atomic E-state index is 5.90. The Hall–Kier alpha value is -0.120. The Morgan fingerprint density at radius 1 is 1.27 bits per heavy atom. The van der Waals surface area contributed by atoms with Crippen LogP contribution < -0.4 is 5.73 Å². The van der Waals surface area contributed by atoms with Crippen LogP contribution in [0.3, 0.4) is 0 Å². The Morgan fingerprint density at radius 2 is 1.93 bits per heavy atom. The first-order chi connectivity index (χ1) is 7.26. The first-order valence-electron chi connectivity index (χ1n) is 6.26. The first kappa shape index (κ1) is 12.9. The van der Waals surface area contributed by atoms with Gasteiger partial charge in [-0.15, -0.1) is 0 Å². The molecule has 15 heavy (non-hydrogen) atoms. The molecule has 1 heterocycles. The number of hydrogen-bond donors (Lipinski definition) is 1. The zero-order valence-electron chi connectivity index (χ0n) is 10.3. The molecule has 0 amide bonds. The molecule has 0 bridgehead atoms. The molecule has 0 aliphatic carbocycles. The van der Waals surface area contributed by atoms with Gasteiger partial charge in [0.05, 0.1) is 6.61 Å². The van der Waals surface area contributed by atoms with E-state index in [-0.39, 0.29) is 5.41 Å². The molecule has 3 heteroatoms. The quantitative estimate of drug-likeness (QED) is 0.697. The van der Waals surface area contributed by atoms with Crippen molar-refractivity contribution in [2.75, 3.05) is 39.4 Å². The van der Waals surface area contributed by atoms with Crippen LogP contribution in [0.4, 0.5) is 0 Å². The zero-order valence-corrected chi connectivity index (χ0v) is 10.3. The van der Waals surface area contributed by atoms with Crippen LogP contribution in [0.5, 0.6) is 0 Å². The van der Waals surface area contributed by atoms with E-state index in [0.29, 0.717) is 0 Å². The number of nitrogens with zero attached hydrogens (tertiary/aromatic N) is 1. The van der Waals surface area contributed by atoms with Crippen LogP contribution in [0.25, 0.3) is 0 Å². The summed E-state index contributed by atoms with van der Waals surface area (Å²) in [7, 11) is 0. The summed E-state index contributed by atoms with van der Waals surface area (Å²) in [5, 5.41) is 0. The van der Waals surface area contributed by atoms with E-state index in [1.807, 2.05) is 0 Å². The van der Waals surface area contributed by atoms with Crippen molar-refractivity contribution < 1.29 is 4.74 Å². The van der Waals surface area contributed by atoms with Gasteiger partial charge in [0.15, 0.2) is 0 Å². The molecule has 0 aromatic heterocycles. The summed E-state index contributed by atoms with van der Waals surface area (Å²) in [6.45, 7) is 10.5. The molecular formula is C12H26N2O. The van der Waals surface area contributed by atoms with Crippen molar-refractivity contribution in [3.8, 4) is 0 Å². The van der Waals surface area contributed by atoms with E-state index >= 15 is 0 Å². The van der Waals surface area contributed by atoms with E-state index in [0.717, 1.165) is 32.7 Å². The third-order valence-electron chi connectivity index (χ3n) is 3.26. The highest BCUT2D eigenvalue weighted by molar-refractivity contribution is 4.87. The molecule has 1 aliphatic rings. The molecule has 3 nitrogen and oxygen atoms in total. The Balaban J connectivity index is 2.46. The van der Waals surface area contributed by atoms with E-state index in [1.165, 1.54) is 25.9 Å². The highest BCUT2D eigenvalue weighted by Crippen LogP contribution is 2.28. The SMILES string of the molecule is CCCN(CCC)CC1(CN)CCOC1. The fraction of sp³-hybridized carbons (Fsp3) is 1.00. The van der Waals surface area contributed by atoms with Crippen LogP contribution in [-0.4, -0.2) is 44.3 Å². The summed E-state index contributed by atoms with van der Waals surface area (Å²) in [6.07, 6.45) is 3.58. The average Bonchev–Trinajstić information content (AvgIpc) is 2.68. The van der Waals surface area contributed by atoms with Gasteiger partial charge in [0.25, 0.3) is 0 Å². The largest absolute Gasteiger partial charge is 0.381 e. The number of hydrogen-bond acceptors (Lipinski definition) is 3. The Bertz CT molecular complexity index is 161. The summed E-state index contributed by atoms with van der Waals surface area (Å²) in [4.78, 5) is 2.54. The van der Waals surface area contributed by atoms with Crippen LogP contribution in [-0.2, 0) is 4.74 Å². The third kappa shape index (κ3) is 3.74. The van der Waals surface area contributed by atoms with Crippen LogP contribution >= 0.6 is 0 Å². The van der Waals surface area contributed by atoms with E-state index < -0.39 is 0 Å². The topological polar surface area (TPSA) is 38.5 Å². The summed E-state index contributed by atoms with van der Waals surface area (Å²) in [5.41, 5.74) is 6.14. The second-order valence-electron chi connectivity index (χ2n) is 4.78. The lowest BCUT2D eigenvalue weighted by Gasteiger charge is -2.33. The van der Waals surface area contributed by atoms with Gasteiger partial charge in [-0.25, -0.2) is 0 Å². The molecule has 90 valence electrons. The molecular weight excluding hydrogens is 188 g/mol. The van der Waals surface area contributed by atoms with Gasteiger partial charge >= 0.3 is 0 Å². The highest BCUT2D eigenvalue weighted by atomic mass is 16.5. The van der Waals surface area contributed by atoms with Crippen LogP contribution in [0.2, 0.25) is 0 Å². The van der Waals surface area contributed by atoms with Crippen LogP contribution in [0.15, 0.2) is 0 Å². The van der Waals surface area contributed by atoms with Gasteiger partial charge in [-0.2, -0.15) is 0 Å². The van der Waals surface area contributed by atoms with E-state index in [1.54, 1.807) is 0 Å². The Labute approximate surface area is 94.0 Å². The maximum Gasteiger partial charge on any atom is 0.0547 e. The van der Waals surface area contributed by atoms with Crippen molar-refractivity contribution in [2.45, 2.75) is 33.1 Å². The fourth-order valence-corrected chi connectivity index (χ4v) is 2.38. The fourth-order valence-electron chi connectivity index (χ4n) is 2.38. The summed E-state index contributed by atoms with van der Waals surface area (Å²) in [6, 6.07) is 0. The smallest absolute Gasteiger partial charge is 0.0547 e.